The summed E-state index contributed by atoms with van der Waals surface area (Å²) in [6.07, 6.45) is 0. The van der Waals surface area contributed by atoms with Crippen LogP contribution in [0.15, 0.2) is 59.6 Å². The Morgan fingerprint density at radius 1 is 1.17 bits per heavy atom. The second-order valence-electron chi connectivity index (χ2n) is 5.60. The van der Waals surface area contributed by atoms with Crippen LogP contribution in [0.1, 0.15) is 18.2 Å². The van der Waals surface area contributed by atoms with Gasteiger partial charge in [0.15, 0.2) is 0 Å². The largest absolute Gasteiger partial charge is 0.494 e. The number of ether oxygens (including phenoxy) is 1. The molecule has 0 amide bonds. The van der Waals surface area contributed by atoms with E-state index in [1.807, 2.05) is 61.5 Å². The molecule has 3 aromatic rings. The van der Waals surface area contributed by atoms with E-state index in [0.717, 1.165) is 22.0 Å². The Morgan fingerprint density at radius 3 is 2.62 bits per heavy atom. The second-order valence-corrected chi connectivity index (χ2v) is 6.56. The molecule has 1 unspecified atom stereocenters. The number of thioether (sulfide) groups is 1. The Kier molecular flexibility index (Phi) is 3.78. The van der Waals surface area contributed by atoms with E-state index >= 15 is 0 Å². The monoisotopic (exact) mass is 339 g/mol. The van der Waals surface area contributed by atoms with Crippen molar-refractivity contribution in [2.75, 3.05) is 12.4 Å². The van der Waals surface area contributed by atoms with Gasteiger partial charge in [-0.1, -0.05) is 35.5 Å². The Hall–Kier alpha value is -2.31. The lowest BCUT2D eigenvalue weighted by atomic mass is 9.93. The van der Waals surface area contributed by atoms with E-state index in [9.17, 15) is 5.11 Å². The van der Waals surface area contributed by atoms with Gasteiger partial charge in [0, 0.05) is 5.75 Å². The lowest BCUT2D eigenvalue weighted by Crippen LogP contribution is -2.27. The highest BCUT2D eigenvalue weighted by atomic mass is 32.2. The first-order valence-corrected chi connectivity index (χ1v) is 8.81. The fourth-order valence-corrected chi connectivity index (χ4v) is 4.12. The number of aliphatic hydroxyl groups is 1. The van der Waals surface area contributed by atoms with Gasteiger partial charge in [-0.2, -0.15) is 0 Å². The normalized spacial score (nSPS) is 19.2. The molecule has 0 saturated carbocycles. The highest BCUT2D eigenvalue weighted by Crippen LogP contribution is 2.45. The molecular formula is C18H17N3O2S. The van der Waals surface area contributed by atoms with Crippen LogP contribution in [0.3, 0.4) is 0 Å². The van der Waals surface area contributed by atoms with Gasteiger partial charge in [-0.25, -0.2) is 4.68 Å². The summed E-state index contributed by atoms with van der Waals surface area (Å²) in [6, 6.07) is 17.3. The minimum absolute atomic E-state index is 0.536. The quantitative estimate of drug-likeness (QED) is 0.792. The molecular weight excluding hydrogens is 322 g/mol. The molecule has 4 rings (SSSR count). The number of hydrogen-bond acceptors (Lipinski definition) is 5. The van der Waals surface area contributed by atoms with Crippen LogP contribution in [0.4, 0.5) is 0 Å². The van der Waals surface area contributed by atoms with E-state index in [1.54, 1.807) is 16.4 Å². The maximum absolute atomic E-state index is 11.1. The third-order valence-electron chi connectivity index (χ3n) is 4.08. The number of nitrogens with zero attached hydrogens (tertiary/aromatic N) is 3. The number of aromatic nitrogens is 3. The smallest absolute Gasteiger partial charge is 0.145 e. The molecule has 1 N–H and O–H groups in total. The fourth-order valence-electron chi connectivity index (χ4n) is 2.86. The molecule has 2 heterocycles. The summed E-state index contributed by atoms with van der Waals surface area (Å²) in [7, 11) is 0. The fraction of sp³-hybridized carbons (Fsp3) is 0.222. The first-order chi connectivity index (χ1) is 11.7. The zero-order chi connectivity index (χ0) is 16.6. The maximum Gasteiger partial charge on any atom is 0.145 e. The van der Waals surface area contributed by atoms with Gasteiger partial charge >= 0.3 is 0 Å². The lowest BCUT2D eigenvalue weighted by molar-refractivity contribution is 0.104. The number of fused-ring (bicyclic) bond motifs is 1. The van der Waals surface area contributed by atoms with E-state index in [4.69, 9.17) is 4.74 Å². The average Bonchev–Trinajstić information content (AvgIpc) is 3.19. The Bertz CT molecular complexity index is 848. The van der Waals surface area contributed by atoms with Crippen LogP contribution in [-0.4, -0.2) is 32.5 Å². The van der Waals surface area contributed by atoms with Crippen molar-refractivity contribution in [3.05, 3.63) is 65.9 Å². The lowest BCUT2D eigenvalue weighted by Gasteiger charge is -2.20. The minimum Gasteiger partial charge on any atom is -0.494 e. The van der Waals surface area contributed by atoms with Crippen LogP contribution in [0.2, 0.25) is 0 Å². The van der Waals surface area contributed by atoms with Gasteiger partial charge < -0.3 is 9.84 Å². The van der Waals surface area contributed by atoms with Crippen molar-refractivity contribution in [2.45, 2.75) is 17.6 Å². The molecule has 1 aliphatic rings. The highest BCUT2D eigenvalue weighted by Gasteiger charge is 2.43. The zero-order valence-electron chi connectivity index (χ0n) is 13.2. The predicted octanol–water partition coefficient (Wildman–Crippen LogP) is 3.01. The average molecular weight is 339 g/mol. The van der Waals surface area contributed by atoms with E-state index < -0.39 is 5.60 Å². The van der Waals surface area contributed by atoms with Crippen molar-refractivity contribution in [3.8, 4) is 11.4 Å². The van der Waals surface area contributed by atoms with Crippen LogP contribution >= 0.6 is 11.8 Å². The summed E-state index contributed by atoms with van der Waals surface area (Å²) in [5, 5.41) is 20.5. The van der Waals surface area contributed by atoms with Gasteiger partial charge in [0.05, 0.1) is 12.3 Å². The van der Waals surface area contributed by atoms with Gasteiger partial charge in [0.25, 0.3) is 0 Å². The summed E-state index contributed by atoms with van der Waals surface area (Å²) in [5.41, 5.74) is 1.27. The van der Waals surface area contributed by atoms with Crippen molar-refractivity contribution in [2.24, 2.45) is 0 Å². The number of hydrogen-bond donors (Lipinski definition) is 1. The van der Waals surface area contributed by atoms with Gasteiger partial charge in [0.1, 0.15) is 22.1 Å². The van der Waals surface area contributed by atoms with E-state index in [2.05, 4.69) is 10.3 Å². The van der Waals surface area contributed by atoms with Crippen LogP contribution in [0.25, 0.3) is 5.69 Å². The molecule has 2 aromatic carbocycles. The molecule has 24 heavy (non-hydrogen) atoms. The third kappa shape index (κ3) is 2.39. The second kappa shape index (κ2) is 5.96. The molecule has 0 aliphatic carbocycles. The van der Waals surface area contributed by atoms with Crippen LogP contribution in [-0.2, 0) is 5.60 Å². The van der Waals surface area contributed by atoms with Crippen molar-refractivity contribution < 1.29 is 9.84 Å². The highest BCUT2D eigenvalue weighted by molar-refractivity contribution is 7.99. The van der Waals surface area contributed by atoms with Gasteiger partial charge in [-0.15, -0.1) is 16.9 Å². The molecule has 122 valence electrons. The SMILES string of the molecule is CCOc1ccc(-n2nnc3c2SCC3(O)c2ccccc2)cc1. The van der Waals surface area contributed by atoms with Crippen LogP contribution in [0, 0.1) is 0 Å². The van der Waals surface area contributed by atoms with Gasteiger partial charge in [-0.3, -0.25) is 0 Å². The molecule has 0 radical (unpaired) electrons. The van der Waals surface area contributed by atoms with E-state index in [0.29, 0.717) is 18.1 Å². The first-order valence-electron chi connectivity index (χ1n) is 7.82. The number of rotatable bonds is 4. The molecule has 5 nitrogen and oxygen atoms in total. The Balaban J connectivity index is 1.71. The summed E-state index contributed by atoms with van der Waals surface area (Å²) in [5.74, 6) is 1.36. The molecule has 1 atom stereocenters. The molecule has 1 aliphatic heterocycles. The Morgan fingerprint density at radius 2 is 1.92 bits per heavy atom. The van der Waals surface area contributed by atoms with E-state index in [-0.39, 0.29) is 0 Å². The van der Waals surface area contributed by atoms with Crippen molar-refractivity contribution in [1.82, 2.24) is 15.0 Å². The third-order valence-corrected chi connectivity index (χ3v) is 5.28. The van der Waals surface area contributed by atoms with Crippen molar-refractivity contribution in [3.63, 3.8) is 0 Å². The topological polar surface area (TPSA) is 60.2 Å². The van der Waals surface area contributed by atoms with Gasteiger partial charge in [0.2, 0.25) is 0 Å². The van der Waals surface area contributed by atoms with Crippen molar-refractivity contribution >= 4 is 11.8 Å². The predicted molar refractivity (Wildman–Crippen MR) is 92.7 cm³/mol. The number of benzene rings is 2. The van der Waals surface area contributed by atoms with Crippen LogP contribution < -0.4 is 4.74 Å². The molecule has 0 fully saturated rings. The maximum atomic E-state index is 11.1. The van der Waals surface area contributed by atoms with Gasteiger partial charge in [-0.05, 0) is 36.8 Å². The summed E-state index contributed by atoms with van der Waals surface area (Å²) < 4.78 is 7.25. The first kappa shape index (κ1) is 15.2. The minimum atomic E-state index is -1.09. The molecule has 0 saturated heterocycles. The Labute approximate surface area is 144 Å². The standard InChI is InChI=1S/C18H17N3O2S/c1-2-23-15-10-8-14(9-11-15)21-17-16(19-20-21)18(22,12-24-17)13-6-4-3-5-7-13/h3-11,22H,2,12H2,1H3. The van der Waals surface area contributed by atoms with Crippen molar-refractivity contribution in [1.29, 1.82) is 0 Å². The zero-order valence-corrected chi connectivity index (χ0v) is 14.0. The molecule has 0 spiro atoms. The summed E-state index contributed by atoms with van der Waals surface area (Å²) >= 11 is 1.57. The molecule has 6 heteroatoms. The molecule has 0 bridgehead atoms. The van der Waals surface area contributed by atoms with Crippen LogP contribution in [0.5, 0.6) is 5.75 Å². The molecule has 1 aromatic heterocycles. The van der Waals surface area contributed by atoms with E-state index in [1.165, 1.54) is 0 Å². The summed E-state index contributed by atoms with van der Waals surface area (Å²) in [6.45, 7) is 2.59. The summed E-state index contributed by atoms with van der Waals surface area (Å²) in [4.78, 5) is 0.